The lowest BCUT2D eigenvalue weighted by Gasteiger charge is -2.27. The van der Waals surface area contributed by atoms with Gasteiger partial charge in [-0.2, -0.15) is 0 Å². The number of benzene rings is 1. The number of carboxylic acids is 1. The molecule has 1 aliphatic carbocycles. The van der Waals surface area contributed by atoms with Gasteiger partial charge in [-0.25, -0.2) is 17.9 Å². The van der Waals surface area contributed by atoms with E-state index in [2.05, 4.69) is 27.6 Å². The molecule has 0 bridgehead atoms. The molecule has 0 saturated heterocycles. The summed E-state index contributed by atoms with van der Waals surface area (Å²) in [7, 11) is -3.65. The number of carbonyl (C=O) groups is 1. The summed E-state index contributed by atoms with van der Waals surface area (Å²) in [6, 6.07) is 3.87. The summed E-state index contributed by atoms with van der Waals surface area (Å²) >= 11 is 3.15. The Hall–Kier alpha value is -0.920. The molecular weight excluding hydrogens is 358 g/mol. The van der Waals surface area contributed by atoms with Crippen molar-refractivity contribution in [3.05, 3.63) is 28.2 Å². The molecule has 0 spiro atoms. The Bertz CT molecular complexity index is 644. The smallest absolute Gasteiger partial charge is 0.335 e. The van der Waals surface area contributed by atoms with Crippen LogP contribution in [0, 0.1) is 5.92 Å². The fraction of sp³-hybridized carbons (Fsp3) is 0.500. The third-order valence-electron chi connectivity index (χ3n) is 3.73. The SMILES string of the molecule is CC1CCCC(NS(=O)(=O)c2ccc(C(=O)O)cc2Br)C1. The highest BCUT2D eigenvalue weighted by Crippen LogP contribution is 2.27. The third kappa shape index (κ3) is 4.05. The zero-order valence-electron chi connectivity index (χ0n) is 11.7. The fourth-order valence-corrected chi connectivity index (χ4v) is 5.04. The van der Waals surface area contributed by atoms with E-state index in [0.29, 0.717) is 5.92 Å². The average Bonchev–Trinajstić information content (AvgIpc) is 2.37. The summed E-state index contributed by atoms with van der Waals surface area (Å²) in [4.78, 5) is 11.0. The number of hydrogen-bond donors (Lipinski definition) is 2. The molecule has 116 valence electrons. The van der Waals surface area contributed by atoms with Gasteiger partial charge in [-0.3, -0.25) is 0 Å². The second kappa shape index (κ2) is 6.46. The van der Waals surface area contributed by atoms with Crippen LogP contribution in [0.2, 0.25) is 0 Å². The van der Waals surface area contributed by atoms with Gasteiger partial charge in [-0.1, -0.05) is 19.8 Å². The van der Waals surface area contributed by atoms with E-state index in [4.69, 9.17) is 5.11 Å². The summed E-state index contributed by atoms with van der Waals surface area (Å²) < 4.78 is 27.8. The molecule has 0 radical (unpaired) electrons. The first kappa shape index (κ1) is 16.5. The zero-order valence-corrected chi connectivity index (χ0v) is 14.1. The van der Waals surface area contributed by atoms with Crippen LogP contribution < -0.4 is 4.72 Å². The maximum atomic E-state index is 12.4. The molecule has 1 aromatic rings. The van der Waals surface area contributed by atoms with Crippen LogP contribution in [0.5, 0.6) is 0 Å². The Labute approximate surface area is 132 Å². The van der Waals surface area contributed by atoms with Crippen molar-refractivity contribution in [2.24, 2.45) is 5.92 Å². The van der Waals surface area contributed by atoms with Crippen molar-refractivity contribution in [3.63, 3.8) is 0 Å². The van der Waals surface area contributed by atoms with Crippen LogP contribution in [0.15, 0.2) is 27.6 Å². The molecular formula is C14H18BrNO4S. The van der Waals surface area contributed by atoms with Crippen LogP contribution in [0.4, 0.5) is 0 Å². The number of aromatic carboxylic acids is 1. The van der Waals surface area contributed by atoms with Crippen LogP contribution in [-0.2, 0) is 10.0 Å². The predicted molar refractivity (Wildman–Crippen MR) is 82.8 cm³/mol. The van der Waals surface area contributed by atoms with Crippen LogP contribution in [0.3, 0.4) is 0 Å². The minimum Gasteiger partial charge on any atom is -0.478 e. The van der Waals surface area contributed by atoms with Crippen LogP contribution in [-0.4, -0.2) is 25.5 Å². The summed E-state index contributed by atoms with van der Waals surface area (Å²) in [5, 5.41) is 8.91. The van der Waals surface area contributed by atoms with E-state index in [1.54, 1.807) is 0 Å². The molecule has 0 heterocycles. The topological polar surface area (TPSA) is 83.5 Å². The number of carboxylic acid groups (broad SMARTS) is 1. The van der Waals surface area contributed by atoms with E-state index in [1.165, 1.54) is 18.2 Å². The monoisotopic (exact) mass is 375 g/mol. The van der Waals surface area contributed by atoms with Crippen LogP contribution in [0.1, 0.15) is 43.0 Å². The maximum absolute atomic E-state index is 12.4. The normalized spacial score (nSPS) is 23.0. The molecule has 2 N–H and O–H groups in total. The highest BCUT2D eigenvalue weighted by Gasteiger charge is 2.26. The number of halogens is 1. The average molecular weight is 376 g/mol. The molecule has 1 fully saturated rings. The highest BCUT2D eigenvalue weighted by molar-refractivity contribution is 9.10. The standard InChI is InChI=1S/C14H18BrNO4S/c1-9-3-2-4-11(7-9)16-21(19,20)13-6-5-10(14(17)18)8-12(13)15/h5-6,8-9,11,16H,2-4,7H2,1H3,(H,17,18). The third-order valence-corrected chi connectivity index (χ3v) is 6.22. The minimum atomic E-state index is -3.65. The summed E-state index contributed by atoms with van der Waals surface area (Å²) in [6.45, 7) is 2.12. The maximum Gasteiger partial charge on any atom is 0.335 e. The Kier molecular flexibility index (Phi) is 5.06. The van der Waals surface area contributed by atoms with E-state index in [1.807, 2.05) is 0 Å². The Morgan fingerprint density at radius 2 is 2.10 bits per heavy atom. The van der Waals surface area contributed by atoms with Gasteiger partial charge in [0.25, 0.3) is 0 Å². The van der Waals surface area contributed by atoms with E-state index >= 15 is 0 Å². The quantitative estimate of drug-likeness (QED) is 0.846. The first-order valence-electron chi connectivity index (χ1n) is 6.85. The van der Waals surface area contributed by atoms with Crippen molar-refractivity contribution in [1.82, 2.24) is 4.72 Å². The molecule has 21 heavy (non-hydrogen) atoms. The molecule has 2 atom stereocenters. The molecule has 5 nitrogen and oxygen atoms in total. The predicted octanol–water partition coefficient (Wildman–Crippen LogP) is 3.00. The first-order valence-corrected chi connectivity index (χ1v) is 9.12. The minimum absolute atomic E-state index is 0.0483. The lowest BCUT2D eigenvalue weighted by Crippen LogP contribution is -2.38. The van der Waals surface area contributed by atoms with Crippen molar-refractivity contribution >= 4 is 31.9 Å². The van der Waals surface area contributed by atoms with Crippen LogP contribution in [0.25, 0.3) is 0 Å². The van der Waals surface area contributed by atoms with Crippen molar-refractivity contribution in [2.75, 3.05) is 0 Å². The van der Waals surface area contributed by atoms with Crippen molar-refractivity contribution in [3.8, 4) is 0 Å². The Balaban J connectivity index is 2.21. The fourth-order valence-electron chi connectivity index (χ4n) is 2.68. The van der Waals surface area contributed by atoms with Gasteiger partial charge >= 0.3 is 5.97 Å². The summed E-state index contributed by atoms with van der Waals surface area (Å²) in [5.41, 5.74) is 0.0483. The largest absolute Gasteiger partial charge is 0.478 e. The Morgan fingerprint density at radius 3 is 2.67 bits per heavy atom. The molecule has 0 aliphatic heterocycles. The zero-order chi connectivity index (χ0) is 15.6. The molecule has 1 aromatic carbocycles. The summed E-state index contributed by atoms with van der Waals surface area (Å²) in [6.07, 6.45) is 3.83. The number of sulfonamides is 1. The van der Waals surface area contributed by atoms with E-state index < -0.39 is 16.0 Å². The summed E-state index contributed by atoms with van der Waals surface area (Å²) in [5.74, 6) is -0.571. The molecule has 0 amide bonds. The van der Waals surface area contributed by atoms with Gasteiger partial charge in [-0.15, -0.1) is 0 Å². The Morgan fingerprint density at radius 1 is 1.38 bits per heavy atom. The molecule has 1 aliphatic rings. The second-order valence-corrected chi connectivity index (χ2v) is 8.08. The molecule has 2 rings (SSSR count). The van der Waals surface area contributed by atoms with Gasteiger partial charge in [-0.05, 0) is 52.9 Å². The molecule has 7 heteroatoms. The van der Waals surface area contributed by atoms with Crippen molar-refractivity contribution < 1.29 is 18.3 Å². The van der Waals surface area contributed by atoms with Gasteiger partial charge in [0.1, 0.15) is 0 Å². The van der Waals surface area contributed by atoms with Gasteiger partial charge in [0.05, 0.1) is 10.5 Å². The van der Waals surface area contributed by atoms with E-state index in [0.717, 1.165) is 25.7 Å². The van der Waals surface area contributed by atoms with Gasteiger partial charge in [0, 0.05) is 10.5 Å². The lowest BCUT2D eigenvalue weighted by molar-refractivity contribution is 0.0696. The number of nitrogens with one attached hydrogen (secondary N) is 1. The van der Waals surface area contributed by atoms with E-state index in [-0.39, 0.29) is 21.0 Å². The molecule has 1 saturated carbocycles. The second-order valence-electron chi connectivity index (χ2n) is 5.54. The molecule has 2 unspecified atom stereocenters. The van der Waals surface area contributed by atoms with Crippen molar-refractivity contribution in [2.45, 2.75) is 43.5 Å². The van der Waals surface area contributed by atoms with E-state index in [9.17, 15) is 13.2 Å². The molecule has 0 aromatic heterocycles. The number of hydrogen-bond acceptors (Lipinski definition) is 3. The number of rotatable bonds is 4. The van der Waals surface area contributed by atoms with Crippen LogP contribution >= 0.6 is 15.9 Å². The highest BCUT2D eigenvalue weighted by atomic mass is 79.9. The van der Waals surface area contributed by atoms with Gasteiger partial charge < -0.3 is 5.11 Å². The van der Waals surface area contributed by atoms with Gasteiger partial charge in [0.15, 0.2) is 0 Å². The first-order chi connectivity index (χ1) is 9.79. The lowest BCUT2D eigenvalue weighted by atomic mass is 9.88. The van der Waals surface area contributed by atoms with Gasteiger partial charge in [0.2, 0.25) is 10.0 Å². The van der Waals surface area contributed by atoms with Crippen molar-refractivity contribution in [1.29, 1.82) is 0 Å².